The Morgan fingerprint density at radius 1 is 1.00 bits per heavy atom. The third kappa shape index (κ3) is 2.41. The number of hydrogen-bond acceptors (Lipinski definition) is 3. The van der Waals surface area contributed by atoms with Crippen molar-refractivity contribution in [3.8, 4) is 11.5 Å². The number of halogens is 1. The van der Waals surface area contributed by atoms with E-state index in [9.17, 15) is 0 Å². The fourth-order valence-corrected chi connectivity index (χ4v) is 2.74. The summed E-state index contributed by atoms with van der Waals surface area (Å²) in [5.41, 5.74) is 8.01. The van der Waals surface area contributed by atoms with Crippen LogP contribution in [-0.2, 0) is 5.54 Å². The van der Waals surface area contributed by atoms with E-state index in [0.29, 0.717) is 13.2 Å². The molecule has 0 amide bonds. The first-order chi connectivity index (χ1) is 9.57. The lowest BCUT2D eigenvalue weighted by Crippen LogP contribution is -2.34. The first-order valence-corrected chi connectivity index (χ1v) is 7.32. The zero-order valence-corrected chi connectivity index (χ0v) is 12.8. The summed E-state index contributed by atoms with van der Waals surface area (Å²) in [5.74, 6) is 1.55. The standard InChI is InChI=1S/C16H16BrNO2/c1-16(18,11-3-2-4-13(17)9-11)12-5-6-14-15(10-12)20-8-7-19-14/h2-6,9-10H,7-8,18H2,1H3. The second kappa shape index (κ2) is 5.11. The molecule has 1 atom stereocenters. The maximum atomic E-state index is 6.54. The molecule has 0 bridgehead atoms. The lowest BCUT2D eigenvalue weighted by atomic mass is 9.85. The van der Waals surface area contributed by atoms with Crippen molar-refractivity contribution in [1.29, 1.82) is 0 Å². The van der Waals surface area contributed by atoms with E-state index in [1.165, 1.54) is 0 Å². The SMILES string of the molecule is CC(N)(c1cccc(Br)c1)c1ccc2c(c1)OCCO2. The number of benzene rings is 2. The number of rotatable bonds is 2. The second-order valence-electron chi connectivity index (χ2n) is 5.07. The molecule has 2 aromatic carbocycles. The van der Waals surface area contributed by atoms with Crippen LogP contribution in [0.15, 0.2) is 46.9 Å². The Balaban J connectivity index is 2.02. The summed E-state index contributed by atoms with van der Waals surface area (Å²) in [4.78, 5) is 0. The van der Waals surface area contributed by atoms with Crippen molar-refractivity contribution in [2.75, 3.05) is 13.2 Å². The third-order valence-electron chi connectivity index (χ3n) is 3.57. The summed E-state index contributed by atoms with van der Waals surface area (Å²) >= 11 is 3.49. The van der Waals surface area contributed by atoms with E-state index in [1.807, 2.05) is 49.4 Å². The summed E-state index contributed by atoms with van der Waals surface area (Å²) in [5, 5.41) is 0. The number of nitrogens with two attached hydrogens (primary N) is 1. The van der Waals surface area contributed by atoms with Crippen molar-refractivity contribution in [2.45, 2.75) is 12.5 Å². The Labute approximate surface area is 126 Å². The highest BCUT2D eigenvalue weighted by Crippen LogP contribution is 2.36. The maximum absolute atomic E-state index is 6.54. The molecule has 20 heavy (non-hydrogen) atoms. The van der Waals surface area contributed by atoms with Crippen molar-refractivity contribution >= 4 is 15.9 Å². The van der Waals surface area contributed by atoms with Crippen LogP contribution >= 0.6 is 15.9 Å². The monoisotopic (exact) mass is 333 g/mol. The molecule has 4 heteroatoms. The van der Waals surface area contributed by atoms with E-state index in [1.54, 1.807) is 0 Å². The molecule has 0 radical (unpaired) electrons. The third-order valence-corrected chi connectivity index (χ3v) is 4.06. The van der Waals surface area contributed by atoms with Crippen LogP contribution in [0.5, 0.6) is 11.5 Å². The van der Waals surface area contributed by atoms with Gasteiger partial charge in [-0.05, 0) is 42.3 Å². The number of hydrogen-bond donors (Lipinski definition) is 1. The summed E-state index contributed by atoms with van der Waals surface area (Å²) in [6, 6.07) is 13.9. The molecule has 1 unspecified atom stereocenters. The fraction of sp³-hybridized carbons (Fsp3) is 0.250. The highest BCUT2D eigenvalue weighted by atomic mass is 79.9. The van der Waals surface area contributed by atoms with E-state index in [4.69, 9.17) is 15.2 Å². The Bertz CT molecular complexity index is 640. The first-order valence-electron chi connectivity index (χ1n) is 6.52. The minimum atomic E-state index is -0.584. The Morgan fingerprint density at radius 2 is 1.70 bits per heavy atom. The number of ether oxygens (including phenoxy) is 2. The topological polar surface area (TPSA) is 44.5 Å². The molecule has 3 rings (SSSR count). The predicted molar refractivity (Wildman–Crippen MR) is 82.2 cm³/mol. The summed E-state index contributed by atoms with van der Waals surface area (Å²) in [6.07, 6.45) is 0. The largest absolute Gasteiger partial charge is 0.486 e. The van der Waals surface area contributed by atoms with E-state index >= 15 is 0 Å². The van der Waals surface area contributed by atoms with E-state index < -0.39 is 5.54 Å². The van der Waals surface area contributed by atoms with Gasteiger partial charge in [0.2, 0.25) is 0 Å². The van der Waals surface area contributed by atoms with Crippen LogP contribution in [0.2, 0.25) is 0 Å². The molecule has 2 N–H and O–H groups in total. The van der Waals surface area contributed by atoms with Crippen molar-refractivity contribution in [3.05, 3.63) is 58.1 Å². The van der Waals surface area contributed by atoms with Gasteiger partial charge >= 0.3 is 0 Å². The molecule has 0 saturated heterocycles. The quantitative estimate of drug-likeness (QED) is 0.915. The maximum Gasteiger partial charge on any atom is 0.161 e. The molecule has 2 aromatic rings. The smallest absolute Gasteiger partial charge is 0.161 e. The van der Waals surface area contributed by atoms with Crippen LogP contribution in [0.3, 0.4) is 0 Å². The van der Waals surface area contributed by atoms with Gasteiger partial charge < -0.3 is 15.2 Å². The Hall–Kier alpha value is -1.52. The molecule has 1 aliphatic rings. The van der Waals surface area contributed by atoms with Gasteiger partial charge in [-0.3, -0.25) is 0 Å². The fourth-order valence-electron chi connectivity index (χ4n) is 2.34. The molecular weight excluding hydrogens is 318 g/mol. The molecule has 0 saturated carbocycles. The van der Waals surface area contributed by atoms with Crippen molar-refractivity contribution < 1.29 is 9.47 Å². The van der Waals surface area contributed by atoms with Crippen molar-refractivity contribution in [1.82, 2.24) is 0 Å². The van der Waals surface area contributed by atoms with Gasteiger partial charge in [-0.2, -0.15) is 0 Å². The van der Waals surface area contributed by atoms with Crippen LogP contribution in [0.1, 0.15) is 18.1 Å². The molecule has 0 spiro atoms. The van der Waals surface area contributed by atoms with Crippen LogP contribution in [0, 0.1) is 0 Å². The second-order valence-corrected chi connectivity index (χ2v) is 5.99. The summed E-state index contributed by atoms with van der Waals surface area (Å²) in [6.45, 7) is 3.17. The Morgan fingerprint density at radius 3 is 2.45 bits per heavy atom. The van der Waals surface area contributed by atoms with Gasteiger partial charge in [-0.1, -0.05) is 34.1 Å². The average molecular weight is 334 g/mol. The Kier molecular flexibility index (Phi) is 3.44. The van der Waals surface area contributed by atoms with Crippen LogP contribution < -0.4 is 15.2 Å². The predicted octanol–water partition coefficient (Wildman–Crippen LogP) is 3.44. The molecule has 104 valence electrons. The average Bonchev–Trinajstić information content (AvgIpc) is 2.46. The molecular formula is C16H16BrNO2. The van der Waals surface area contributed by atoms with Crippen LogP contribution in [0.25, 0.3) is 0 Å². The highest BCUT2D eigenvalue weighted by molar-refractivity contribution is 9.10. The van der Waals surface area contributed by atoms with Gasteiger partial charge in [0, 0.05) is 4.47 Å². The van der Waals surface area contributed by atoms with Gasteiger partial charge in [0.25, 0.3) is 0 Å². The zero-order valence-electron chi connectivity index (χ0n) is 11.2. The van der Waals surface area contributed by atoms with Gasteiger partial charge in [0.15, 0.2) is 11.5 Å². The summed E-state index contributed by atoms with van der Waals surface area (Å²) in [7, 11) is 0. The van der Waals surface area contributed by atoms with Gasteiger partial charge in [0.1, 0.15) is 13.2 Å². The molecule has 0 aliphatic carbocycles. The lowest BCUT2D eigenvalue weighted by Gasteiger charge is -2.28. The van der Waals surface area contributed by atoms with E-state index in [-0.39, 0.29) is 0 Å². The normalized spacial score (nSPS) is 16.6. The van der Waals surface area contributed by atoms with E-state index in [0.717, 1.165) is 27.1 Å². The lowest BCUT2D eigenvalue weighted by molar-refractivity contribution is 0.171. The minimum absolute atomic E-state index is 0.578. The zero-order chi connectivity index (χ0) is 14.2. The molecule has 0 fully saturated rings. The van der Waals surface area contributed by atoms with Crippen LogP contribution in [0.4, 0.5) is 0 Å². The van der Waals surface area contributed by atoms with Gasteiger partial charge in [-0.25, -0.2) is 0 Å². The van der Waals surface area contributed by atoms with Gasteiger partial charge in [-0.15, -0.1) is 0 Å². The molecule has 0 aromatic heterocycles. The van der Waals surface area contributed by atoms with Crippen molar-refractivity contribution in [3.63, 3.8) is 0 Å². The molecule has 1 aliphatic heterocycles. The molecule has 3 nitrogen and oxygen atoms in total. The minimum Gasteiger partial charge on any atom is -0.486 e. The van der Waals surface area contributed by atoms with Crippen molar-refractivity contribution in [2.24, 2.45) is 5.73 Å². The van der Waals surface area contributed by atoms with E-state index in [2.05, 4.69) is 15.9 Å². The highest BCUT2D eigenvalue weighted by Gasteiger charge is 2.26. The molecule has 1 heterocycles. The first kappa shape index (κ1) is 13.5. The number of fused-ring (bicyclic) bond motifs is 1. The van der Waals surface area contributed by atoms with Gasteiger partial charge in [0.05, 0.1) is 5.54 Å². The van der Waals surface area contributed by atoms with Crippen LogP contribution in [-0.4, -0.2) is 13.2 Å². The summed E-state index contributed by atoms with van der Waals surface area (Å²) < 4.78 is 12.2.